The summed E-state index contributed by atoms with van der Waals surface area (Å²) in [6, 6.07) is 0. The molecule has 0 aromatic heterocycles. The second-order valence-corrected chi connectivity index (χ2v) is 3.37. The van der Waals surface area contributed by atoms with Crippen LogP contribution in [0.25, 0.3) is 0 Å². The number of alkyl halides is 1. The Morgan fingerprint density at radius 2 is 1.91 bits per heavy atom. The maximum atomic E-state index is 11.1. The van der Waals surface area contributed by atoms with Gasteiger partial charge in [0, 0.05) is 5.92 Å². The molecule has 1 N–H and O–H groups in total. The van der Waals surface area contributed by atoms with Gasteiger partial charge in [0.25, 0.3) is 0 Å². The van der Waals surface area contributed by atoms with Gasteiger partial charge in [-0.1, -0.05) is 0 Å². The minimum atomic E-state index is -0.186. The first kappa shape index (κ1) is 9.01. The van der Waals surface area contributed by atoms with Crippen LogP contribution in [-0.2, 0) is 4.79 Å². The van der Waals surface area contributed by atoms with E-state index in [0.717, 1.165) is 25.7 Å². The summed E-state index contributed by atoms with van der Waals surface area (Å²) in [7, 11) is 0. The van der Waals surface area contributed by atoms with Crippen molar-refractivity contribution in [3.63, 3.8) is 0 Å². The fourth-order valence-corrected chi connectivity index (χ4v) is 1.73. The van der Waals surface area contributed by atoms with Crippen LogP contribution in [0.2, 0.25) is 0 Å². The quantitative estimate of drug-likeness (QED) is 0.645. The third kappa shape index (κ3) is 2.46. The van der Waals surface area contributed by atoms with Gasteiger partial charge in [-0.3, -0.25) is 4.79 Å². The number of rotatable bonds is 2. The molecule has 64 valence electrons. The molecular formula is C8H13ClO2. The van der Waals surface area contributed by atoms with Gasteiger partial charge in [0.1, 0.15) is 0 Å². The van der Waals surface area contributed by atoms with Crippen molar-refractivity contribution in [1.29, 1.82) is 0 Å². The Labute approximate surface area is 71.5 Å². The van der Waals surface area contributed by atoms with Crippen molar-refractivity contribution < 1.29 is 9.90 Å². The maximum absolute atomic E-state index is 11.1. The van der Waals surface area contributed by atoms with E-state index in [1.54, 1.807) is 0 Å². The van der Waals surface area contributed by atoms with E-state index in [0.29, 0.717) is 0 Å². The molecule has 0 atom stereocenters. The number of aliphatic hydroxyl groups is 1. The van der Waals surface area contributed by atoms with Gasteiger partial charge in [-0.2, -0.15) is 0 Å². The first-order valence-corrected chi connectivity index (χ1v) is 4.54. The Kier molecular flexibility index (Phi) is 3.34. The summed E-state index contributed by atoms with van der Waals surface area (Å²) in [6.07, 6.45) is 2.95. The first-order chi connectivity index (χ1) is 5.24. The summed E-state index contributed by atoms with van der Waals surface area (Å²) < 4.78 is 0. The van der Waals surface area contributed by atoms with Crippen LogP contribution in [0.3, 0.4) is 0 Å². The zero-order chi connectivity index (χ0) is 8.27. The number of Topliss-reactive ketones (excluding diaryl/α,β-unsaturated/α-hetero) is 1. The van der Waals surface area contributed by atoms with E-state index >= 15 is 0 Å². The lowest BCUT2D eigenvalue weighted by Crippen LogP contribution is -2.24. The molecular weight excluding hydrogens is 164 g/mol. The zero-order valence-corrected chi connectivity index (χ0v) is 7.18. The molecule has 1 fully saturated rings. The van der Waals surface area contributed by atoms with Crippen LogP contribution in [0.4, 0.5) is 0 Å². The summed E-state index contributed by atoms with van der Waals surface area (Å²) in [5.74, 6) is 0.385. The molecule has 0 saturated heterocycles. The van der Waals surface area contributed by atoms with Crippen molar-refractivity contribution in [3.8, 4) is 0 Å². The summed E-state index contributed by atoms with van der Waals surface area (Å²) in [6.45, 7) is 0. The van der Waals surface area contributed by atoms with Crippen molar-refractivity contribution in [1.82, 2.24) is 0 Å². The average Bonchev–Trinajstić information content (AvgIpc) is 2.05. The molecule has 0 radical (unpaired) electrons. The summed E-state index contributed by atoms with van der Waals surface area (Å²) in [5, 5.41) is 9.14. The van der Waals surface area contributed by atoms with Gasteiger partial charge < -0.3 is 5.11 Å². The molecule has 1 saturated carbocycles. The number of carbonyl (C=O) groups is 1. The van der Waals surface area contributed by atoms with Crippen LogP contribution in [0, 0.1) is 5.92 Å². The van der Waals surface area contributed by atoms with Gasteiger partial charge in [0.05, 0.1) is 12.0 Å². The minimum absolute atomic E-state index is 0.121. The molecule has 1 aliphatic rings. The second kappa shape index (κ2) is 4.07. The summed E-state index contributed by atoms with van der Waals surface area (Å²) in [5.41, 5.74) is 0. The molecule has 1 aliphatic carbocycles. The molecule has 1 rings (SSSR count). The van der Waals surface area contributed by atoms with Crippen LogP contribution < -0.4 is 0 Å². The maximum Gasteiger partial charge on any atom is 0.150 e. The normalized spacial score (nSPS) is 31.8. The van der Waals surface area contributed by atoms with Crippen molar-refractivity contribution in [2.75, 3.05) is 5.88 Å². The minimum Gasteiger partial charge on any atom is -0.393 e. The predicted octanol–water partition coefficient (Wildman–Crippen LogP) is 1.35. The fraction of sp³-hybridized carbons (Fsp3) is 0.875. The molecule has 0 heterocycles. The number of hydrogen-bond acceptors (Lipinski definition) is 2. The van der Waals surface area contributed by atoms with E-state index in [1.807, 2.05) is 0 Å². The van der Waals surface area contributed by atoms with Crippen molar-refractivity contribution in [2.24, 2.45) is 5.92 Å². The molecule has 11 heavy (non-hydrogen) atoms. The molecule has 3 heteroatoms. The van der Waals surface area contributed by atoms with Crippen LogP contribution >= 0.6 is 11.6 Å². The van der Waals surface area contributed by atoms with Crippen molar-refractivity contribution in [3.05, 3.63) is 0 Å². The molecule has 0 amide bonds. The summed E-state index contributed by atoms with van der Waals surface area (Å²) in [4.78, 5) is 11.1. The number of halogens is 1. The number of aliphatic hydroxyl groups excluding tert-OH is 1. The predicted molar refractivity (Wildman–Crippen MR) is 43.7 cm³/mol. The Bertz CT molecular complexity index is 139. The Balaban J connectivity index is 2.33. The van der Waals surface area contributed by atoms with E-state index in [4.69, 9.17) is 16.7 Å². The van der Waals surface area contributed by atoms with E-state index in [1.165, 1.54) is 0 Å². The Morgan fingerprint density at radius 1 is 1.36 bits per heavy atom. The molecule has 0 aliphatic heterocycles. The van der Waals surface area contributed by atoms with Gasteiger partial charge in [0.2, 0.25) is 0 Å². The SMILES string of the molecule is O=C(CCl)C1CCC(O)CC1. The molecule has 0 aromatic rings. The number of carbonyl (C=O) groups excluding carboxylic acids is 1. The number of ketones is 1. The van der Waals surface area contributed by atoms with Gasteiger partial charge in [0.15, 0.2) is 5.78 Å². The van der Waals surface area contributed by atoms with E-state index in [-0.39, 0.29) is 23.7 Å². The zero-order valence-electron chi connectivity index (χ0n) is 6.42. The lowest BCUT2D eigenvalue weighted by atomic mass is 9.85. The topological polar surface area (TPSA) is 37.3 Å². The highest BCUT2D eigenvalue weighted by Gasteiger charge is 2.23. The highest BCUT2D eigenvalue weighted by molar-refractivity contribution is 6.27. The molecule has 2 nitrogen and oxygen atoms in total. The van der Waals surface area contributed by atoms with Crippen LogP contribution in [-0.4, -0.2) is 22.9 Å². The Hall–Kier alpha value is -0.0800. The number of hydrogen-bond donors (Lipinski definition) is 1. The molecule has 0 unspecified atom stereocenters. The lowest BCUT2D eigenvalue weighted by molar-refractivity contribution is -0.121. The van der Waals surface area contributed by atoms with Crippen LogP contribution in [0.1, 0.15) is 25.7 Å². The monoisotopic (exact) mass is 176 g/mol. The fourth-order valence-electron chi connectivity index (χ4n) is 1.51. The van der Waals surface area contributed by atoms with Crippen molar-refractivity contribution in [2.45, 2.75) is 31.8 Å². The first-order valence-electron chi connectivity index (χ1n) is 4.00. The van der Waals surface area contributed by atoms with E-state index in [9.17, 15) is 4.79 Å². The van der Waals surface area contributed by atoms with Gasteiger partial charge in [-0.15, -0.1) is 11.6 Å². The third-order valence-electron chi connectivity index (χ3n) is 2.28. The van der Waals surface area contributed by atoms with Gasteiger partial charge in [-0.25, -0.2) is 0 Å². The van der Waals surface area contributed by atoms with Gasteiger partial charge >= 0.3 is 0 Å². The highest BCUT2D eigenvalue weighted by Crippen LogP contribution is 2.24. The lowest BCUT2D eigenvalue weighted by Gasteiger charge is -2.23. The standard InChI is InChI=1S/C8H13ClO2/c9-5-8(11)6-1-3-7(10)4-2-6/h6-7,10H,1-5H2. The van der Waals surface area contributed by atoms with E-state index < -0.39 is 0 Å². The van der Waals surface area contributed by atoms with Gasteiger partial charge in [-0.05, 0) is 25.7 Å². The third-order valence-corrected chi connectivity index (χ3v) is 2.55. The second-order valence-electron chi connectivity index (χ2n) is 3.11. The smallest absolute Gasteiger partial charge is 0.150 e. The van der Waals surface area contributed by atoms with Crippen LogP contribution in [0.5, 0.6) is 0 Å². The molecule has 0 spiro atoms. The van der Waals surface area contributed by atoms with E-state index in [2.05, 4.69) is 0 Å². The average molecular weight is 177 g/mol. The Morgan fingerprint density at radius 3 is 2.36 bits per heavy atom. The molecule has 0 aromatic carbocycles. The largest absolute Gasteiger partial charge is 0.393 e. The molecule has 0 bridgehead atoms. The summed E-state index contributed by atoms with van der Waals surface area (Å²) >= 11 is 5.41. The van der Waals surface area contributed by atoms with Crippen LogP contribution in [0.15, 0.2) is 0 Å². The van der Waals surface area contributed by atoms with Crippen molar-refractivity contribution >= 4 is 17.4 Å². The highest BCUT2D eigenvalue weighted by atomic mass is 35.5.